The lowest BCUT2D eigenvalue weighted by Crippen LogP contribution is -2.35. The number of nitrogens with one attached hydrogen (secondary N) is 1. The van der Waals surface area contributed by atoms with Crippen molar-refractivity contribution in [3.05, 3.63) is 6.07 Å². The van der Waals surface area contributed by atoms with E-state index in [2.05, 4.69) is 20.3 Å². The number of piperidine rings is 1. The molecule has 2 rings (SSSR count). The van der Waals surface area contributed by atoms with Crippen molar-refractivity contribution in [3.8, 4) is 0 Å². The van der Waals surface area contributed by atoms with Gasteiger partial charge in [-0.3, -0.25) is 4.79 Å². The summed E-state index contributed by atoms with van der Waals surface area (Å²) in [5.41, 5.74) is 7.81. The summed E-state index contributed by atoms with van der Waals surface area (Å²) in [5.74, 6) is 7.08. The molecule has 0 spiro atoms. The minimum atomic E-state index is -0.218. The van der Waals surface area contributed by atoms with Crippen molar-refractivity contribution in [3.63, 3.8) is 0 Å². The second-order valence-electron chi connectivity index (χ2n) is 4.84. The van der Waals surface area contributed by atoms with E-state index in [9.17, 15) is 4.79 Å². The van der Waals surface area contributed by atoms with Gasteiger partial charge in [-0.1, -0.05) is 11.8 Å². The quantitative estimate of drug-likeness (QED) is 0.315. The zero-order valence-electron chi connectivity index (χ0n) is 11.5. The van der Waals surface area contributed by atoms with Crippen LogP contribution in [0, 0.1) is 5.92 Å². The molecule has 20 heavy (non-hydrogen) atoms. The molecule has 1 aliphatic rings. The van der Waals surface area contributed by atoms with E-state index >= 15 is 0 Å². The molecule has 8 heteroatoms. The third-order valence-corrected chi connectivity index (χ3v) is 4.00. The van der Waals surface area contributed by atoms with Gasteiger partial charge in [-0.15, -0.1) is 0 Å². The summed E-state index contributed by atoms with van der Waals surface area (Å²) in [4.78, 5) is 21.9. The van der Waals surface area contributed by atoms with Gasteiger partial charge < -0.3 is 16.1 Å². The molecular weight excluding hydrogens is 276 g/mol. The van der Waals surface area contributed by atoms with Gasteiger partial charge >= 0.3 is 0 Å². The Labute approximate surface area is 122 Å². The number of aromatic nitrogens is 2. The average Bonchev–Trinajstić information content (AvgIpc) is 2.46. The van der Waals surface area contributed by atoms with E-state index in [1.807, 2.05) is 12.3 Å². The molecule has 1 aromatic heterocycles. The molecule has 1 fully saturated rings. The van der Waals surface area contributed by atoms with E-state index in [-0.39, 0.29) is 5.91 Å². The van der Waals surface area contributed by atoms with Crippen LogP contribution in [0.5, 0.6) is 0 Å². The number of nitrogen functional groups attached to an aromatic ring is 1. The second-order valence-corrected chi connectivity index (χ2v) is 5.62. The molecule has 1 amide bonds. The fourth-order valence-electron chi connectivity index (χ4n) is 2.39. The third kappa shape index (κ3) is 3.73. The predicted octanol–water partition coefficient (Wildman–Crippen LogP) is 0.576. The van der Waals surface area contributed by atoms with E-state index in [0.717, 1.165) is 31.7 Å². The van der Waals surface area contributed by atoms with Gasteiger partial charge in [0.15, 0.2) is 5.16 Å². The first kappa shape index (κ1) is 14.9. The van der Waals surface area contributed by atoms with Gasteiger partial charge in [-0.2, -0.15) is 0 Å². The predicted molar refractivity (Wildman–Crippen MR) is 80.4 cm³/mol. The number of thioether (sulfide) groups is 1. The number of anilines is 2. The highest BCUT2D eigenvalue weighted by molar-refractivity contribution is 7.98. The Kier molecular flexibility index (Phi) is 5.02. The Balaban J connectivity index is 2.04. The van der Waals surface area contributed by atoms with Crippen molar-refractivity contribution < 1.29 is 4.79 Å². The highest BCUT2D eigenvalue weighted by Crippen LogP contribution is 2.26. The van der Waals surface area contributed by atoms with Gasteiger partial charge in [0, 0.05) is 25.6 Å². The van der Waals surface area contributed by atoms with Crippen molar-refractivity contribution in [2.75, 3.05) is 29.7 Å². The lowest BCUT2D eigenvalue weighted by molar-refractivity contribution is -0.119. The van der Waals surface area contributed by atoms with Crippen LogP contribution in [0.4, 0.5) is 11.6 Å². The van der Waals surface area contributed by atoms with Gasteiger partial charge in [-0.05, 0) is 25.0 Å². The Morgan fingerprint density at radius 2 is 2.20 bits per heavy atom. The molecule has 0 bridgehead atoms. The first-order valence-electron chi connectivity index (χ1n) is 6.55. The molecule has 1 aliphatic heterocycles. The molecule has 2 heterocycles. The SMILES string of the molecule is CSc1nc(NN)cc(N2CCC(CC(N)=O)CC2)n1. The summed E-state index contributed by atoms with van der Waals surface area (Å²) in [7, 11) is 0. The molecule has 1 aromatic rings. The van der Waals surface area contributed by atoms with E-state index in [0.29, 0.717) is 23.3 Å². The van der Waals surface area contributed by atoms with E-state index in [1.165, 1.54) is 11.8 Å². The molecule has 0 aromatic carbocycles. The third-order valence-electron chi connectivity index (χ3n) is 3.45. The van der Waals surface area contributed by atoms with Crippen molar-refractivity contribution in [2.24, 2.45) is 17.5 Å². The minimum Gasteiger partial charge on any atom is -0.370 e. The monoisotopic (exact) mass is 296 g/mol. The summed E-state index contributed by atoms with van der Waals surface area (Å²) in [6.45, 7) is 1.74. The van der Waals surface area contributed by atoms with Crippen molar-refractivity contribution in [2.45, 2.75) is 24.4 Å². The Bertz CT molecular complexity index is 453. The summed E-state index contributed by atoms with van der Waals surface area (Å²) >= 11 is 1.48. The fourth-order valence-corrected chi connectivity index (χ4v) is 2.77. The highest BCUT2D eigenvalue weighted by Gasteiger charge is 2.22. The van der Waals surface area contributed by atoms with E-state index < -0.39 is 0 Å². The number of carbonyl (C=O) groups is 1. The fraction of sp³-hybridized carbons (Fsp3) is 0.583. The molecular formula is C12H20N6OS. The van der Waals surface area contributed by atoms with Crippen LogP contribution in [0.3, 0.4) is 0 Å². The van der Waals surface area contributed by atoms with Gasteiger partial charge in [0.25, 0.3) is 0 Å². The summed E-state index contributed by atoms with van der Waals surface area (Å²) in [6.07, 6.45) is 4.31. The number of hydrogen-bond donors (Lipinski definition) is 3. The molecule has 0 radical (unpaired) electrons. The second kappa shape index (κ2) is 6.76. The maximum absolute atomic E-state index is 10.9. The lowest BCUT2D eigenvalue weighted by Gasteiger charge is -2.32. The standard InChI is InChI=1S/C12H20N6OS/c1-20-12-15-10(17-14)7-11(16-12)18-4-2-8(3-5-18)6-9(13)19/h7-8H,2-6,14H2,1H3,(H2,13,19)(H,15,16,17). The van der Waals surface area contributed by atoms with E-state index in [4.69, 9.17) is 11.6 Å². The van der Waals surface area contributed by atoms with Crippen LogP contribution in [-0.2, 0) is 4.79 Å². The first-order valence-corrected chi connectivity index (χ1v) is 7.77. The van der Waals surface area contributed by atoms with Crippen LogP contribution in [-0.4, -0.2) is 35.2 Å². The topological polar surface area (TPSA) is 110 Å². The number of hydrogen-bond acceptors (Lipinski definition) is 7. The van der Waals surface area contributed by atoms with Gasteiger partial charge in [0.05, 0.1) is 0 Å². The summed E-state index contributed by atoms with van der Waals surface area (Å²) in [6, 6.07) is 1.84. The number of carbonyl (C=O) groups excluding carboxylic acids is 1. The summed E-state index contributed by atoms with van der Waals surface area (Å²) in [5, 5.41) is 0.690. The van der Waals surface area contributed by atoms with Crippen LogP contribution in [0.2, 0.25) is 0 Å². The number of nitrogens with two attached hydrogens (primary N) is 2. The molecule has 0 atom stereocenters. The van der Waals surface area contributed by atoms with Crippen LogP contribution in [0.15, 0.2) is 11.2 Å². The van der Waals surface area contributed by atoms with Gasteiger partial charge in [0.1, 0.15) is 11.6 Å². The largest absolute Gasteiger partial charge is 0.370 e. The normalized spacial score (nSPS) is 16.2. The number of primary amides is 1. The maximum atomic E-state index is 10.9. The van der Waals surface area contributed by atoms with E-state index in [1.54, 1.807) is 0 Å². The van der Waals surface area contributed by atoms with Crippen molar-refractivity contribution >= 4 is 29.3 Å². The smallest absolute Gasteiger partial charge is 0.217 e. The molecule has 0 unspecified atom stereocenters. The maximum Gasteiger partial charge on any atom is 0.217 e. The summed E-state index contributed by atoms with van der Waals surface area (Å²) < 4.78 is 0. The molecule has 110 valence electrons. The molecule has 7 nitrogen and oxygen atoms in total. The Morgan fingerprint density at radius 1 is 1.50 bits per heavy atom. The van der Waals surface area contributed by atoms with Crippen LogP contribution >= 0.6 is 11.8 Å². The Morgan fingerprint density at radius 3 is 2.75 bits per heavy atom. The number of amides is 1. The zero-order chi connectivity index (χ0) is 14.5. The van der Waals surface area contributed by atoms with Crippen LogP contribution in [0.25, 0.3) is 0 Å². The molecule has 1 saturated heterocycles. The zero-order valence-corrected chi connectivity index (χ0v) is 12.3. The van der Waals surface area contributed by atoms with Gasteiger partial charge in [-0.25, -0.2) is 15.8 Å². The highest BCUT2D eigenvalue weighted by atomic mass is 32.2. The minimum absolute atomic E-state index is 0.218. The van der Waals surface area contributed by atoms with Crippen molar-refractivity contribution in [1.29, 1.82) is 0 Å². The number of hydrazine groups is 1. The first-order chi connectivity index (χ1) is 9.62. The van der Waals surface area contributed by atoms with Gasteiger partial charge in [0.2, 0.25) is 5.91 Å². The number of nitrogens with zero attached hydrogens (tertiary/aromatic N) is 3. The Hall–Kier alpha value is -1.54. The van der Waals surface area contributed by atoms with Crippen LogP contribution < -0.4 is 21.9 Å². The van der Waals surface area contributed by atoms with Crippen LogP contribution in [0.1, 0.15) is 19.3 Å². The molecule has 0 aliphatic carbocycles. The number of rotatable bonds is 5. The lowest BCUT2D eigenvalue weighted by atomic mass is 9.93. The average molecular weight is 296 g/mol. The molecule has 5 N–H and O–H groups in total. The molecule has 0 saturated carbocycles. The van der Waals surface area contributed by atoms with Crippen molar-refractivity contribution in [1.82, 2.24) is 9.97 Å².